The van der Waals surface area contributed by atoms with Gasteiger partial charge in [-0.3, -0.25) is 0 Å². The molecule has 0 bridgehead atoms. The van der Waals surface area contributed by atoms with Crippen molar-refractivity contribution in [3.05, 3.63) is 12.7 Å². The fourth-order valence-corrected chi connectivity index (χ4v) is 1.20. The van der Waals surface area contributed by atoms with Crippen molar-refractivity contribution in [2.45, 2.75) is 32.5 Å². The second-order valence-electron chi connectivity index (χ2n) is 3.47. The van der Waals surface area contributed by atoms with E-state index in [1.54, 1.807) is 0 Å². The fraction of sp³-hybridized carbons (Fsp3) is 0.700. The van der Waals surface area contributed by atoms with E-state index >= 15 is 0 Å². The highest BCUT2D eigenvalue weighted by atomic mass is 32.3. The van der Waals surface area contributed by atoms with Crippen LogP contribution in [0.15, 0.2) is 12.7 Å². The van der Waals surface area contributed by atoms with Gasteiger partial charge in [0.15, 0.2) is 0 Å². The van der Waals surface area contributed by atoms with Gasteiger partial charge in [-0.2, -0.15) is 4.18 Å². The maximum atomic E-state index is 10.8. The summed E-state index contributed by atoms with van der Waals surface area (Å²) in [5, 5.41) is 0. The van der Waals surface area contributed by atoms with Crippen molar-refractivity contribution in [1.29, 1.82) is 0 Å². The van der Waals surface area contributed by atoms with Crippen molar-refractivity contribution >= 4 is 16.6 Å². The second-order valence-corrected chi connectivity index (χ2v) is 4.45. The topological polar surface area (TPSA) is 69.4 Å². The molecule has 5 nitrogen and oxygen atoms in total. The highest BCUT2D eigenvalue weighted by Crippen LogP contribution is 2.17. The molecular formula is C10H18F3NO4S. The number of nitrogens with zero attached hydrogens (tertiary/aromatic N) is 1. The molecule has 0 aromatic heterocycles. The van der Waals surface area contributed by atoms with Crippen LogP contribution in [-0.4, -0.2) is 43.7 Å². The molecule has 0 radical (unpaired) electrons. The monoisotopic (exact) mass is 305 g/mol. The summed E-state index contributed by atoms with van der Waals surface area (Å²) in [5.41, 5.74) is 0. The maximum Gasteiger partial charge on any atom is 0.536 e. The predicted octanol–water partition coefficient (Wildman–Crippen LogP) is 2.06. The minimum Gasteiger partial charge on any atom is -0.725 e. The molecule has 0 unspecified atom stereocenters. The van der Waals surface area contributed by atoms with E-state index in [0.29, 0.717) is 0 Å². The molecule has 0 aliphatic carbocycles. The Balaban J connectivity index is 0. The zero-order valence-electron chi connectivity index (χ0n) is 10.8. The zero-order valence-corrected chi connectivity index (χ0v) is 11.6. The van der Waals surface area contributed by atoms with Gasteiger partial charge in [0, 0.05) is 12.8 Å². The molecule has 0 atom stereocenters. The Morgan fingerprint density at radius 3 is 2.16 bits per heavy atom. The van der Waals surface area contributed by atoms with Crippen molar-refractivity contribution in [3.63, 3.8) is 0 Å². The summed E-state index contributed by atoms with van der Waals surface area (Å²) in [6.45, 7) is 7.02. The van der Waals surface area contributed by atoms with E-state index in [1.165, 1.54) is 6.42 Å². The number of hydrogen-bond donors (Lipinski definition) is 0. The standard InChI is InChI=1S/C9H18N.CHF3O4S/c1-4-6-7-9-10(3)8-5-2;2-1(3,4)8-9(5,6)7/h4,9H,1,5-8H2,2-3H3;(H,5,6,7)/q+1;/p-1. The summed E-state index contributed by atoms with van der Waals surface area (Å²) in [6, 6.07) is 0. The molecule has 0 saturated heterocycles. The summed E-state index contributed by atoms with van der Waals surface area (Å²) < 4.78 is 64.0. The smallest absolute Gasteiger partial charge is 0.536 e. The molecule has 0 aromatic carbocycles. The van der Waals surface area contributed by atoms with Crippen LogP contribution >= 0.6 is 0 Å². The highest BCUT2D eigenvalue weighted by molar-refractivity contribution is 7.80. The number of unbranched alkanes of at least 4 members (excludes halogenated alkanes) is 1. The van der Waals surface area contributed by atoms with E-state index in [-0.39, 0.29) is 0 Å². The Morgan fingerprint density at radius 2 is 1.89 bits per heavy atom. The van der Waals surface area contributed by atoms with E-state index in [4.69, 9.17) is 13.0 Å². The number of halogens is 3. The van der Waals surface area contributed by atoms with E-state index in [9.17, 15) is 13.2 Å². The Labute approximate surface area is 111 Å². The van der Waals surface area contributed by atoms with Crippen LogP contribution in [0, 0.1) is 0 Å². The van der Waals surface area contributed by atoms with Gasteiger partial charge >= 0.3 is 6.36 Å². The largest absolute Gasteiger partial charge is 0.725 e. The molecule has 0 aromatic rings. The minimum absolute atomic E-state index is 1.09. The van der Waals surface area contributed by atoms with E-state index in [2.05, 4.69) is 31.3 Å². The van der Waals surface area contributed by atoms with Crippen LogP contribution in [0.5, 0.6) is 0 Å². The average molecular weight is 305 g/mol. The van der Waals surface area contributed by atoms with Gasteiger partial charge in [0.05, 0.1) is 0 Å². The summed E-state index contributed by atoms with van der Waals surface area (Å²) in [4.78, 5) is 0. The number of rotatable bonds is 6. The first-order chi connectivity index (χ1) is 8.52. The molecule has 0 spiro atoms. The quantitative estimate of drug-likeness (QED) is 0.188. The Morgan fingerprint density at radius 1 is 1.37 bits per heavy atom. The third-order valence-corrected chi connectivity index (χ3v) is 1.98. The number of hydrogen-bond acceptors (Lipinski definition) is 4. The summed E-state index contributed by atoms with van der Waals surface area (Å²) in [5.74, 6) is 0. The zero-order chi connectivity index (χ0) is 15.5. The molecule has 0 rings (SSSR count). The van der Waals surface area contributed by atoms with Gasteiger partial charge in [-0.1, -0.05) is 13.0 Å². The van der Waals surface area contributed by atoms with E-state index in [1.807, 2.05) is 10.3 Å². The molecule has 0 heterocycles. The van der Waals surface area contributed by atoms with Crippen LogP contribution in [0.4, 0.5) is 13.2 Å². The van der Waals surface area contributed by atoms with Gasteiger partial charge in [0.1, 0.15) is 19.8 Å². The SMILES string of the molecule is C=CCCC=[N+](C)CCC.O=S(=O)([O-])OC(F)(F)F. The lowest BCUT2D eigenvalue weighted by molar-refractivity contribution is -0.493. The number of allylic oxidation sites excluding steroid dienone is 1. The molecule has 0 amide bonds. The molecule has 0 fully saturated rings. The lowest BCUT2D eigenvalue weighted by Crippen LogP contribution is -2.18. The van der Waals surface area contributed by atoms with Gasteiger partial charge < -0.3 is 4.55 Å². The fourth-order valence-electron chi connectivity index (χ4n) is 0.972. The molecule has 0 N–H and O–H groups in total. The molecule has 114 valence electrons. The molecule has 19 heavy (non-hydrogen) atoms. The first kappa shape index (κ1) is 20.4. The van der Waals surface area contributed by atoms with Gasteiger partial charge in [-0.25, -0.2) is 13.0 Å². The molecule has 0 aliphatic rings. The first-order valence-electron chi connectivity index (χ1n) is 5.39. The van der Waals surface area contributed by atoms with Crippen LogP contribution < -0.4 is 0 Å². The molecule has 9 heteroatoms. The van der Waals surface area contributed by atoms with Gasteiger partial charge in [0.25, 0.3) is 0 Å². The first-order valence-corrected chi connectivity index (χ1v) is 6.72. The van der Waals surface area contributed by atoms with Crippen molar-refractivity contribution < 1.29 is 34.9 Å². The molecular weight excluding hydrogens is 287 g/mol. The summed E-state index contributed by atoms with van der Waals surface area (Å²) in [7, 11) is -3.54. The van der Waals surface area contributed by atoms with Crippen LogP contribution in [0.2, 0.25) is 0 Å². The lowest BCUT2D eigenvalue weighted by atomic mass is 10.3. The van der Waals surface area contributed by atoms with E-state index < -0.39 is 16.8 Å². The van der Waals surface area contributed by atoms with Gasteiger partial charge in [0.2, 0.25) is 10.4 Å². The lowest BCUT2D eigenvalue weighted by Gasteiger charge is -2.08. The van der Waals surface area contributed by atoms with Crippen LogP contribution in [0.1, 0.15) is 26.2 Å². The molecule has 0 aliphatic heterocycles. The Hall–Kier alpha value is -0.930. The van der Waals surface area contributed by atoms with Crippen molar-refractivity contribution in [3.8, 4) is 0 Å². The second kappa shape index (κ2) is 9.93. The summed E-state index contributed by atoms with van der Waals surface area (Å²) in [6.07, 6.45) is 2.21. The number of alkyl halides is 3. The third-order valence-electron chi connectivity index (χ3n) is 1.58. The minimum atomic E-state index is -5.66. The Kier molecular flexibility index (Phi) is 10.7. The van der Waals surface area contributed by atoms with E-state index in [0.717, 1.165) is 19.4 Å². The Bertz CT molecular complexity index is 377. The van der Waals surface area contributed by atoms with Crippen molar-refractivity contribution in [2.24, 2.45) is 0 Å². The predicted molar refractivity (Wildman–Crippen MR) is 63.7 cm³/mol. The van der Waals surface area contributed by atoms with Crippen molar-refractivity contribution in [1.82, 2.24) is 0 Å². The van der Waals surface area contributed by atoms with Crippen LogP contribution in [0.25, 0.3) is 0 Å². The highest BCUT2D eigenvalue weighted by Gasteiger charge is 2.32. The summed E-state index contributed by atoms with van der Waals surface area (Å²) >= 11 is 0. The van der Waals surface area contributed by atoms with Crippen molar-refractivity contribution in [2.75, 3.05) is 13.6 Å². The van der Waals surface area contributed by atoms with Gasteiger partial charge in [-0.05, 0) is 6.42 Å². The maximum absolute atomic E-state index is 10.8. The van der Waals surface area contributed by atoms with Crippen LogP contribution in [-0.2, 0) is 14.6 Å². The average Bonchev–Trinajstić information content (AvgIpc) is 2.13. The molecule has 0 saturated carbocycles. The third kappa shape index (κ3) is 22.7. The normalized spacial score (nSPS) is 12.6. The van der Waals surface area contributed by atoms with Gasteiger partial charge in [-0.15, -0.1) is 19.8 Å². The van der Waals surface area contributed by atoms with Crippen LogP contribution in [0.3, 0.4) is 0 Å².